The van der Waals surface area contributed by atoms with Crippen LogP contribution in [0.3, 0.4) is 0 Å². The lowest BCUT2D eigenvalue weighted by Gasteiger charge is -2.29. The summed E-state index contributed by atoms with van der Waals surface area (Å²) < 4.78 is 31.2. The Balaban J connectivity index is 2.13. The van der Waals surface area contributed by atoms with Crippen molar-refractivity contribution >= 4 is 10.0 Å². The molecular formula is C14H18N2O3S. The Morgan fingerprint density at radius 3 is 2.95 bits per heavy atom. The van der Waals surface area contributed by atoms with Crippen LogP contribution in [-0.4, -0.2) is 32.1 Å². The Morgan fingerprint density at radius 2 is 2.25 bits per heavy atom. The van der Waals surface area contributed by atoms with Gasteiger partial charge in [-0.1, -0.05) is 12.1 Å². The summed E-state index contributed by atoms with van der Waals surface area (Å²) in [6.07, 6.45) is 1.33. The van der Waals surface area contributed by atoms with Gasteiger partial charge in [-0.15, -0.1) is 0 Å². The van der Waals surface area contributed by atoms with Gasteiger partial charge >= 0.3 is 0 Å². The normalized spacial score (nSPS) is 15.4. The van der Waals surface area contributed by atoms with Gasteiger partial charge in [-0.05, 0) is 30.0 Å². The van der Waals surface area contributed by atoms with Crippen LogP contribution in [0.25, 0.3) is 0 Å². The van der Waals surface area contributed by atoms with Gasteiger partial charge in [0.25, 0.3) is 0 Å². The van der Waals surface area contributed by atoms with Gasteiger partial charge in [0.15, 0.2) is 0 Å². The molecule has 20 heavy (non-hydrogen) atoms. The van der Waals surface area contributed by atoms with Crippen LogP contribution in [0.4, 0.5) is 0 Å². The molecule has 1 aromatic rings. The highest BCUT2D eigenvalue weighted by Gasteiger charge is 2.27. The Hall–Kier alpha value is -1.58. The molecule has 0 unspecified atom stereocenters. The van der Waals surface area contributed by atoms with E-state index < -0.39 is 10.0 Å². The second kappa shape index (κ2) is 6.25. The van der Waals surface area contributed by atoms with E-state index in [9.17, 15) is 8.42 Å². The second-order valence-corrected chi connectivity index (χ2v) is 6.85. The number of nitriles is 1. The molecule has 6 heteroatoms. The Kier molecular flexibility index (Phi) is 4.63. The van der Waals surface area contributed by atoms with E-state index in [1.807, 2.05) is 24.3 Å². The van der Waals surface area contributed by atoms with E-state index in [2.05, 4.69) is 0 Å². The van der Waals surface area contributed by atoms with Crippen molar-refractivity contribution in [1.82, 2.24) is 4.31 Å². The van der Waals surface area contributed by atoms with E-state index in [4.69, 9.17) is 10.00 Å². The lowest BCUT2D eigenvalue weighted by atomic mass is 10.0. The van der Waals surface area contributed by atoms with Crippen LogP contribution in [0, 0.1) is 11.3 Å². The zero-order valence-electron chi connectivity index (χ0n) is 11.5. The summed E-state index contributed by atoms with van der Waals surface area (Å²) in [6.45, 7) is 0.865. The first kappa shape index (κ1) is 14.8. The van der Waals surface area contributed by atoms with Crippen LogP contribution in [0.1, 0.15) is 24.0 Å². The van der Waals surface area contributed by atoms with Crippen LogP contribution in [0.5, 0.6) is 5.75 Å². The fourth-order valence-corrected chi connectivity index (χ4v) is 3.91. The van der Waals surface area contributed by atoms with Gasteiger partial charge in [0.2, 0.25) is 10.0 Å². The molecular weight excluding hydrogens is 276 g/mol. The molecule has 0 fully saturated rings. The number of nitrogens with zero attached hydrogens (tertiary/aromatic N) is 2. The lowest BCUT2D eigenvalue weighted by Crippen LogP contribution is -2.37. The van der Waals surface area contributed by atoms with Crippen molar-refractivity contribution in [3.05, 3.63) is 29.3 Å². The standard InChI is InChI=1S/C14H18N2O3S/c1-19-14-6-4-5-12-11-16(9-7-13(12)14)20(17,18)10-3-2-8-15/h4-6H,2-3,7,9-11H2,1H3. The van der Waals surface area contributed by atoms with Crippen LogP contribution in [-0.2, 0) is 23.0 Å². The number of rotatable bonds is 5. The number of sulfonamides is 1. The minimum atomic E-state index is -3.28. The highest BCUT2D eigenvalue weighted by molar-refractivity contribution is 7.89. The first-order valence-electron chi connectivity index (χ1n) is 6.58. The van der Waals surface area contributed by atoms with Gasteiger partial charge < -0.3 is 4.74 Å². The molecule has 0 saturated carbocycles. The number of benzene rings is 1. The van der Waals surface area contributed by atoms with Crippen LogP contribution in [0.2, 0.25) is 0 Å². The monoisotopic (exact) mass is 294 g/mol. The summed E-state index contributed by atoms with van der Waals surface area (Å²) in [5.74, 6) is 0.865. The van der Waals surface area contributed by atoms with Crippen molar-refractivity contribution in [2.24, 2.45) is 0 Å². The molecule has 0 amide bonds. The van der Waals surface area contributed by atoms with E-state index in [0.29, 0.717) is 25.9 Å². The third kappa shape index (κ3) is 3.11. The molecule has 1 heterocycles. The summed E-state index contributed by atoms with van der Waals surface area (Å²) >= 11 is 0. The molecule has 2 rings (SSSR count). The molecule has 0 radical (unpaired) electrons. The number of hydrogen-bond acceptors (Lipinski definition) is 4. The Morgan fingerprint density at radius 1 is 1.45 bits per heavy atom. The van der Waals surface area contributed by atoms with Gasteiger partial charge in [0, 0.05) is 19.5 Å². The van der Waals surface area contributed by atoms with Crippen LogP contribution in [0.15, 0.2) is 18.2 Å². The van der Waals surface area contributed by atoms with Crippen molar-refractivity contribution in [3.8, 4) is 11.8 Å². The largest absolute Gasteiger partial charge is 0.496 e. The molecule has 1 aromatic carbocycles. The summed E-state index contributed by atoms with van der Waals surface area (Å²) in [4.78, 5) is 0. The SMILES string of the molecule is COc1cccc2c1CCN(S(=O)(=O)CCCC#N)C2. The number of hydrogen-bond donors (Lipinski definition) is 0. The van der Waals surface area contributed by atoms with E-state index in [-0.39, 0.29) is 12.2 Å². The third-order valence-electron chi connectivity index (χ3n) is 3.49. The smallest absolute Gasteiger partial charge is 0.214 e. The van der Waals surface area contributed by atoms with Gasteiger partial charge in [0.1, 0.15) is 5.75 Å². The molecule has 0 spiro atoms. The predicted octanol–water partition coefficient (Wildman–Crippen LogP) is 1.69. The maximum atomic E-state index is 12.2. The second-order valence-electron chi connectivity index (χ2n) is 4.76. The first-order valence-corrected chi connectivity index (χ1v) is 8.19. The van der Waals surface area contributed by atoms with E-state index in [1.54, 1.807) is 7.11 Å². The summed E-state index contributed by atoms with van der Waals surface area (Å²) in [5.41, 5.74) is 2.10. The highest BCUT2D eigenvalue weighted by Crippen LogP contribution is 2.29. The molecule has 108 valence electrons. The summed E-state index contributed by atoms with van der Waals surface area (Å²) in [6, 6.07) is 7.69. The average molecular weight is 294 g/mol. The first-order chi connectivity index (χ1) is 9.58. The van der Waals surface area contributed by atoms with Gasteiger partial charge in [-0.3, -0.25) is 0 Å². The number of ether oxygens (including phenoxy) is 1. The molecule has 0 saturated heterocycles. The van der Waals surface area contributed by atoms with Crippen LogP contribution >= 0.6 is 0 Å². The average Bonchev–Trinajstić information content (AvgIpc) is 2.46. The zero-order chi connectivity index (χ0) is 14.6. The minimum absolute atomic E-state index is 0.0415. The zero-order valence-corrected chi connectivity index (χ0v) is 12.3. The fourth-order valence-electron chi connectivity index (χ4n) is 2.44. The molecule has 0 atom stereocenters. The van der Waals surface area contributed by atoms with Crippen molar-refractivity contribution in [2.75, 3.05) is 19.4 Å². The van der Waals surface area contributed by atoms with Gasteiger partial charge in [0.05, 0.1) is 18.9 Å². The lowest BCUT2D eigenvalue weighted by molar-refractivity contribution is 0.371. The summed E-state index contributed by atoms with van der Waals surface area (Å²) in [7, 11) is -1.65. The Bertz CT molecular complexity index is 620. The van der Waals surface area contributed by atoms with Gasteiger partial charge in [-0.2, -0.15) is 9.57 Å². The fraction of sp³-hybridized carbons (Fsp3) is 0.500. The topological polar surface area (TPSA) is 70.4 Å². The van der Waals surface area contributed by atoms with Gasteiger partial charge in [-0.25, -0.2) is 8.42 Å². The molecule has 0 aliphatic carbocycles. The maximum Gasteiger partial charge on any atom is 0.214 e. The Labute approximate surface area is 119 Å². The van der Waals surface area contributed by atoms with Crippen molar-refractivity contribution in [2.45, 2.75) is 25.8 Å². The minimum Gasteiger partial charge on any atom is -0.496 e. The van der Waals surface area contributed by atoms with Crippen LogP contribution < -0.4 is 4.74 Å². The highest BCUT2D eigenvalue weighted by atomic mass is 32.2. The van der Waals surface area contributed by atoms with E-state index in [0.717, 1.165) is 16.9 Å². The van der Waals surface area contributed by atoms with Crippen molar-refractivity contribution in [3.63, 3.8) is 0 Å². The van der Waals surface area contributed by atoms with E-state index in [1.165, 1.54) is 4.31 Å². The number of fused-ring (bicyclic) bond motifs is 1. The molecule has 0 bridgehead atoms. The van der Waals surface area contributed by atoms with E-state index >= 15 is 0 Å². The summed E-state index contributed by atoms with van der Waals surface area (Å²) in [5, 5.41) is 8.49. The number of unbranched alkanes of at least 4 members (excludes halogenated alkanes) is 1. The molecule has 1 aliphatic rings. The van der Waals surface area contributed by atoms with Crippen molar-refractivity contribution < 1.29 is 13.2 Å². The van der Waals surface area contributed by atoms with Crippen molar-refractivity contribution in [1.29, 1.82) is 5.26 Å². The number of methoxy groups -OCH3 is 1. The quantitative estimate of drug-likeness (QED) is 0.775. The molecule has 0 aromatic heterocycles. The maximum absolute atomic E-state index is 12.2. The molecule has 1 aliphatic heterocycles. The third-order valence-corrected chi connectivity index (χ3v) is 5.40. The predicted molar refractivity (Wildman–Crippen MR) is 75.7 cm³/mol. The molecule has 5 nitrogen and oxygen atoms in total. The molecule has 0 N–H and O–H groups in total.